The Morgan fingerprint density at radius 2 is 2.36 bits per heavy atom. The van der Waals surface area contributed by atoms with Crippen LogP contribution in [0.15, 0.2) is 0 Å². The molecule has 0 bridgehead atoms. The fourth-order valence-electron chi connectivity index (χ4n) is 1.39. The topological polar surface area (TPSA) is 55.1 Å². The molecule has 0 saturated heterocycles. The summed E-state index contributed by atoms with van der Waals surface area (Å²) in [6.45, 7) is 2.76. The van der Waals surface area contributed by atoms with Crippen molar-refractivity contribution in [2.75, 3.05) is 0 Å². The van der Waals surface area contributed by atoms with E-state index < -0.39 is 0 Å². The van der Waals surface area contributed by atoms with Crippen molar-refractivity contribution in [3.8, 4) is 0 Å². The molecule has 0 radical (unpaired) electrons. The molecule has 0 unspecified atom stereocenters. The molecule has 74 valence electrons. The largest absolute Gasteiger partial charge is 0.307 e. The summed E-state index contributed by atoms with van der Waals surface area (Å²) < 4.78 is 1.83. The van der Waals surface area contributed by atoms with Gasteiger partial charge in [0.1, 0.15) is 5.01 Å². The van der Waals surface area contributed by atoms with Crippen LogP contribution in [0.25, 0.3) is 4.96 Å². The van der Waals surface area contributed by atoms with E-state index in [2.05, 4.69) is 20.6 Å². The summed E-state index contributed by atoms with van der Waals surface area (Å²) in [5, 5.41) is 16.9. The van der Waals surface area contributed by atoms with E-state index in [0.717, 1.165) is 22.3 Å². The van der Waals surface area contributed by atoms with Gasteiger partial charge in [-0.2, -0.15) is 9.61 Å². The van der Waals surface area contributed by atoms with Gasteiger partial charge in [-0.1, -0.05) is 11.3 Å². The highest BCUT2D eigenvalue weighted by atomic mass is 32.1. The van der Waals surface area contributed by atoms with Gasteiger partial charge in [0.05, 0.1) is 6.54 Å². The third-order valence-corrected chi connectivity index (χ3v) is 3.10. The van der Waals surface area contributed by atoms with Crippen molar-refractivity contribution in [2.45, 2.75) is 32.4 Å². The van der Waals surface area contributed by atoms with Crippen LogP contribution in [0.1, 0.15) is 23.7 Å². The van der Waals surface area contributed by atoms with Crippen LogP contribution in [0.3, 0.4) is 0 Å². The van der Waals surface area contributed by atoms with Gasteiger partial charge in [-0.25, -0.2) is 0 Å². The fourth-order valence-corrected chi connectivity index (χ4v) is 2.09. The molecule has 2 heterocycles. The minimum atomic E-state index is 0.696. The quantitative estimate of drug-likeness (QED) is 0.810. The molecular weight excluding hydrogens is 198 g/mol. The van der Waals surface area contributed by atoms with E-state index in [4.69, 9.17) is 0 Å². The zero-order valence-electron chi connectivity index (χ0n) is 7.90. The van der Waals surface area contributed by atoms with E-state index in [0.29, 0.717) is 6.04 Å². The zero-order chi connectivity index (χ0) is 9.54. The minimum Gasteiger partial charge on any atom is -0.307 e. The van der Waals surface area contributed by atoms with Crippen molar-refractivity contribution in [3.63, 3.8) is 0 Å². The maximum absolute atomic E-state index is 4.34. The van der Waals surface area contributed by atoms with Gasteiger partial charge in [0.15, 0.2) is 5.82 Å². The van der Waals surface area contributed by atoms with Gasteiger partial charge in [-0.05, 0) is 19.8 Å². The molecule has 6 heteroatoms. The molecule has 1 saturated carbocycles. The molecule has 1 aliphatic rings. The second kappa shape index (κ2) is 2.99. The van der Waals surface area contributed by atoms with Gasteiger partial charge < -0.3 is 5.32 Å². The monoisotopic (exact) mass is 209 g/mol. The fraction of sp³-hybridized carbons (Fsp3) is 0.625. The maximum atomic E-state index is 4.34. The summed E-state index contributed by atoms with van der Waals surface area (Å²) in [6, 6.07) is 0.696. The first kappa shape index (κ1) is 8.31. The molecule has 0 spiro atoms. The highest BCUT2D eigenvalue weighted by Gasteiger charge is 2.21. The predicted octanol–water partition coefficient (Wildman–Crippen LogP) is 0.746. The lowest BCUT2D eigenvalue weighted by Crippen LogP contribution is -2.17. The number of hydrogen-bond acceptors (Lipinski definition) is 5. The number of hydrogen-bond donors (Lipinski definition) is 1. The lowest BCUT2D eigenvalue weighted by Gasteiger charge is -1.97. The summed E-state index contributed by atoms with van der Waals surface area (Å²) in [4.78, 5) is 0.884. The standard InChI is InChI=1S/C8H11N5S/c1-5-12-13-7(4-9-6-2-3-6)10-11-8(13)14-5/h6,9H,2-4H2,1H3. The Balaban J connectivity index is 1.86. The van der Waals surface area contributed by atoms with Crippen molar-refractivity contribution in [1.29, 1.82) is 0 Å². The Morgan fingerprint density at radius 3 is 3.14 bits per heavy atom. The first-order chi connectivity index (χ1) is 6.83. The number of aromatic nitrogens is 4. The highest BCUT2D eigenvalue weighted by Crippen LogP contribution is 2.19. The van der Waals surface area contributed by atoms with Gasteiger partial charge in [0.2, 0.25) is 4.96 Å². The van der Waals surface area contributed by atoms with Crippen LogP contribution in [0.4, 0.5) is 0 Å². The van der Waals surface area contributed by atoms with Gasteiger partial charge >= 0.3 is 0 Å². The molecule has 0 aliphatic heterocycles. The third-order valence-electron chi connectivity index (χ3n) is 2.28. The van der Waals surface area contributed by atoms with Gasteiger partial charge in [0.25, 0.3) is 0 Å². The molecule has 2 aromatic heterocycles. The van der Waals surface area contributed by atoms with E-state index in [9.17, 15) is 0 Å². The molecule has 0 aromatic carbocycles. The Labute approximate surface area is 85.2 Å². The molecule has 1 aliphatic carbocycles. The van der Waals surface area contributed by atoms with E-state index in [-0.39, 0.29) is 0 Å². The van der Waals surface area contributed by atoms with Crippen molar-refractivity contribution in [3.05, 3.63) is 10.8 Å². The summed E-state index contributed by atoms with van der Waals surface area (Å²) in [5.41, 5.74) is 0. The number of aryl methyl sites for hydroxylation is 1. The van der Waals surface area contributed by atoms with Crippen LogP contribution >= 0.6 is 11.3 Å². The minimum absolute atomic E-state index is 0.696. The Bertz CT molecular complexity index is 455. The summed E-state index contributed by atoms with van der Waals surface area (Å²) in [7, 11) is 0. The van der Waals surface area contributed by atoms with E-state index in [1.54, 1.807) is 11.3 Å². The molecule has 1 N–H and O–H groups in total. The average molecular weight is 209 g/mol. The maximum Gasteiger partial charge on any atom is 0.234 e. The zero-order valence-corrected chi connectivity index (χ0v) is 8.71. The van der Waals surface area contributed by atoms with Crippen LogP contribution in [-0.4, -0.2) is 25.9 Å². The second-order valence-corrected chi connectivity index (χ2v) is 4.75. The SMILES string of the molecule is Cc1nn2c(CNC3CC3)nnc2s1. The van der Waals surface area contributed by atoms with Crippen LogP contribution in [0.5, 0.6) is 0 Å². The Kier molecular flexibility index (Phi) is 1.78. The number of rotatable bonds is 3. The van der Waals surface area contributed by atoms with Crippen LogP contribution in [0.2, 0.25) is 0 Å². The Morgan fingerprint density at radius 1 is 1.50 bits per heavy atom. The van der Waals surface area contributed by atoms with Crippen LogP contribution in [0, 0.1) is 6.92 Å². The highest BCUT2D eigenvalue weighted by molar-refractivity contribution is 7.16. The first-order valence-electron chi connectivity index (χ1n) is 4.74. The molecule has 5 nitrogen and oxygen atoms in total. The molecule has 0 atom stereocenters. The average Bonchev–Trinajstić information content (AvgIpc) is 2.81. The number of fused-ring (bicyclic) bond motifs is 1. The van der Waals surface area contributed by atoms with E-state index in [1.807, 2.05) is 11.4 Å². The Hall–Kier alpha value is -1.01. The van der Waals surface area contributed by atoms with Crippen LogP contribution in [-0.2, 0) is 6.54 Å². The van der Waals surface area contributed by atoms with Crippen molar-refractivity contribution in [2.24, 2.45) is 0 Å². The summed E-state index contributed by atoms with van der Waals surface area (Å²) >= 11 is 1.57. The summed E-state index contributed by atoms with van der Waals surface area (Å²) in [6.07, 6.45) is 2.58. The first-order valence-corrected chi connectivity index (χ1v) is 5.56. The van der Waals surface area contributed by atoms with E-state index >= 15 is 0 Å². The third kappa shape index (κ3) is 1.40. The van der Waals surface area contributed by atoms with Crippen molar-refractivity contribution < 1.29 is 0 Å². The normalized spacial score (nSPS) is 16.6. The van der Waals surface area contributed by atoms with Gasteiger partial charge in [-0.3, -0.25) is 0 Å². The predicted molar refractivity (Wildman–Crippen MR) is 53.3 cm³/mol. The van der Waals surface area contributed by atoms with E-state index in [1.165, 1.54) is 12.8 Å². The molecular formula is C8H11N5S. The second-order valence-electron chi connectivity index (χ2n) is 3.59. The number of nitrogens with one attached hydrogen (secondary N) is 1. The lowest BCUT2D eigenvalue weighted by molar-refractivity contribution is 0.640. The molecule has 3 rings (SSSR count). The van der Waals surface area contributed by atoms with Gasteiger partial charge in [-0.15, -0.1) is 10.2 Å². The summed E-state index contributed by atoms with van der Waals surface area (Å²) in [5.74, 6) is 0.913. The van der Waals surface area contributed by atoms with Gasteiger partial charge in [0, 0.05) is 6.04 Å². The molecule has 1 fully saturated rings. The molecule has 2 aromatic rings. The van der Waals surface area contributed by atoms with Crippen molar-refractivity contribution >= 4 is 16.3 Å². The lowest BCUT2D eigenvalue weighted by atomic mass is 10.5. The van der Waals surface area contributed by atoms with Crippen molar-refractivity contribution in [1.82, 2.24) is 25.1 Å². The smallest absolute Gasteiger partial charge is 0.234 e. The number of nitrogens with zero attached hydrogens (tertiary/aromatic N) is 4. The molecule has 14 heavy (non-hydrogen) atoms. The molecule has 0 amide bonds. The van der Waals surface area contributed by atoms with Crippen LogP contribution < -0.4 is 5.32 Å².